The molecule has 10 heteroatoms. The topological polar surface area (TPSA) is 62.9 Å². The van der Waals surface area contributed by atoms with Gasteiger partial charge in [-0.3, -0.25) is 9.36 Å². The number of alkyl halides is 2. The number of anilines is 3. The number of hydrogen-bond acceptors (Lipinski definition) is 5. The maximum absolute atomic E-state index is 14.5. The lowest BCUT2D eigenvalue weighted by Gasteiger charge is -2.38. The molecule has 2 aromatic heterocycles. The predicted molar refractivity (Wildman–Crippen MR) is 124 cm³/mol. The number of nitrogens with zero attached hydrogens (tertiary/aromatic N) is 5. The lowest BCUT2D eigenvalue weighted by Crippen LogP contribution is -2.54. The van der Waals surface area contributed by atoms with Gasteiger partial charge in [0.15, 0.2) is 11.6 Å². The van der Waals surface area contributed by atoms with E-state index in [2.05, 4.69) is 39.6 Å². The molecule has 0 radical (unpaired) electrons. The van der Waals surface area contributed by atoms with Crippen molar-refractivity contribution in [2.45, 2.75) is 32.4 Å². The fourth-order valence-electron chi connectivity index (χ4n) is 4.80. The molecule has 7 nitrogen and oxygen atoms in total. The molecule has 33 heavy (non-hydrogen) atoms. The molecule has 1 aliphatic heterocycles. The minimum absolute atomic E-state index is 0.0973. The van der Waals surface area contributed by atoms with Crippen LogP contribution in [0.15, 0.2) is 30.5 Å². The highest BCUT2D eigenvalue weighted by Gasteiger charge is 2.26. The summed E-state index contributed by atoms with van der Waals surface area (Å²) < 4.78 is 46.1. The lowest BCUT2D eigenvalue weighted by atomic mass is 10.1. The molecule has 0 saturated carbocycles. The molecule has 2 aromatic carbocycles. The van der Waals surface area contributed by atoms with Crippen LogP contribution in [0.5, 0.6) is 0 Å². The Balaban J connectivity index is 1.59. The first-order valence-corrected chi connectivity index (χ1v) is 10.9. The van der Waals surface area contributed by atoms with E-state index in [-0.39, 0.29) is 29.0 Å². The molecule has 5 rings (SSSR count). The van der Waals surface area contributed by atoms with Crippen molar-refractivity contribution in [3.05, 3.63) is 41.8 Å². The molecule has 3 heterocycles. The summed E-state index contributed by atoms with van der Waals surface area (Å²) in [6.45, 7) is 5.62. The van der Waals surface area contributed by atoms with E-state index >= 15 is 0 Å². The Kier molecular flexibility index (Phi) is 5.19. The highest BCUT2D eigenvalue weighted by molar-refractivity contribution is 5.97. The van der Waals surface area contributed by atoms with Gasteiger partial charge in [0.05, 0.1) is 10.9 Å². The molecule has 0 unspecified atom stereocenters. The molecule has 4 aromatic rings. The van der Waals surface area contributed by atoms with Crippen LogP contribution < -0.4 is 15.5 Å². The van der Waals surface area contributed by atoms with E-state index in [9.17, 15) is 13.2 Å². The molecule has 1 fully saturated rings. The van der Waals surface area contributed by atoms with Crippen LogP contribution in [0.25, 0.3) is 21.8 Å². The molecule has 0 bridgehead atoms. The molecule has 0 amide bonds. The average Bonchev–Trinajstić information content (AvgIpc) is 3.26. The summed E-state index contributed by atoms with van der Waals surface area (Å²) >= 11 is 0. The molecule has 2 N–H and O–H groups in total. The van der Waals surface area contributed by atoms with Gasteiger partial charge in [-0.1, -0.05) is 0 Å². The number of fused-ring (bicyclic) bond motifs is 2. The first-order valence-electron chi connectivity index (χ1n) is 10.9. The van der Waals surface area contributed by atoms with Gasteiger partial charge in [-0.15, -0.1) is 0 Å². The van der Waals surface area contributed by atoms with Crippen LogP contribution in [-0.4, -0.2) is 44.7 Å². The molecule has 174 valence electrons. The second kappa shape index (κ2) is 7.95. The van der Waals surface area contributed by atoms with Crippen LogP contribution >= 0.6 is 0 Å². The van der Waals surface area contributed by atoms with Gasteiger partial charge in [-0.05, 0) is 38.1 Å². The number of aryl methyl sites for hydroxylation is 2. The summed E-state index contributed by atoms with van der Waals surface area (Å²) in [6, 6.07) is 6.98. The van der Waals surface area contributed by atoms with E-state index in [1.807, 2.05) is 6.07 Å². The van der Waals surface area contributed by atoms with Gasteiger partial charge in [-0.2, -0.15) is 10.2 Å². The van der Waals surface area contributed by atoms with Gasteiger partial charge in [0.2, 0.25) is 0 Å². The number of benzene rings is 2. The fraction of sp³-hybridized carbons (Fsp3) is 0.391. The van der Waals surface area contributed by atoms with E-state index < -0.39 is 12.2 Å². The number of rotatable bonds is 4. The second-order valence-electron chi connectivity index (χ2n) is 8.90. The summed E-state index contributed by atoms with van der Waals surface area (Å²) in [5.74, 6) is -0.229. The predicted octanol–water partition coefficient (Wildman–Crippen LogP) is 4.47. The summed E-state index contributed by atoms with van der Waals surface area (Å²) in [6.07, 6.45) is -0.987. The smallest absolute Gasteiger partial charge is 0.264 e. The van der Waals surface area contributed by atoms with Crippen LogP contribution in [0.2, 0.25) is 0 Å². The van der Waals surface area contributed by atoms with Crippen molar-refractivity contribution >= 4 is 39.0 Å². The Morgan fingerprint density at radius 1 is 1.06 bits per heavy atom. The van der Waals surface area contributed by atoms with Crippen molar-refractivity contribution in [2.24, 2.45) is 14.1 Å². The van der Waals surface area contributed by atoms with Gasteiger partial charge >= 0.3 is 0 Å². The summed E-state index contributed by atoms with van der Waals surface area (Å²) in [4.78, 5) is 2.13. The van der Waals surface area contributed by atoms with Crippen molar-refractivity contribution in [1.29, 1.82) is 0 Å². The van der Waals surface area contributed by atoms with Crippen molar-refractivity contribution in [3.8, 4) is 0 Å². The standard InChI is InChI=1S/C23H26F3N7/c1-12-9-33(10-13(2)27-12)16-7-17(22(25)26)20-19(8-16)32(4)30-23(20)28-15-5-14-11-31(3)29-21(14)18(24)6-15/h5-8,11-13,22,27H,9-10H2,1-4H3,(H,28,30)/t12-,13-/m0/s1. The number of hydrogen-bond donors (Lipinski definition) is 2. The number of piperazine rings is 1. The van der Waals surface area contributed by atoms with Crippen LogP contribution in [0.4, 0.5) is 30.4 Å². The van der Waals surface area contributed by atoms with Gasteiger partial charge in [0.1, 0.15) is 5.52 Å². The third-order valence-corrected chi connectivity index (χ3v) is 6.07. The molecule has 2 atom stereocenters. The summed E-state index contributed by atoms with van der Waals surface area (Å²) in [7, 11) is 3.44. The molecule has 0 spiro atoms. The molecule has 1 saturated heterocycles. The number of halogens is 3. The Morgan fingerprint density at radius 2 is 1.79 bits per heavy atom. The van der Waals surface area contributed by atoms with Gasteiger partial charge in [0.25, 0.3) is 6.43 Å². The maximum Gasteiger partial charge on any atom is 0.264 e. The molecular weight excluding hydrogens is 431 g/mol. The molecule has 1 aliphatic rings. The summed E-state index contributed by atoms with van der Waals surface area (Å²) in [5, 5.41) is 16.0. The Hall–Kier alpha value is -3.27. The highest BCUT2D eigenvalue weighted by atomic mass is 19.3. The normalized spacial score (nSPS) is 19.2. The maximum atomic E-state index is 14.5. The van der Waals surface area contributed by atoms with Gasteiger partial charge in [0, 0.05) is 67.8 Å². The van der Waals surface area contributed by atoms with E-state index in [0.29, 0.717) is 22.0 Å². The van der Waals surface area contributed by atoms with Crippen LogP contribution in [0, 0.1) is 5.82 Å². The van der Waals surface area contributed by atoms with E-state index in [0.717, 1.165) is 18.8 Å². The second-order valence-corrected chi connectivity index (χ2v) is 8.90. The van der Waals surface area contributed by atoms with Crippen molar-refractivity contribution in [2.75, 3.05) is 23.3 Å². The zero-order valence-corrected chi connectivity index (χ0v) is 18.9. The van der Waals surface area contributed by atoms with Crippen LogP contribution in [0.1, 0.15) is 25.8 Å². The molecule has 0 aliphatic carbocycles. The third-order valence-electron chi connectivity index (χ3n) is 6.07. The van der Waals surface area contributed by atoms with Crippen molar-refractivity contribution in [3.63, 3.8) is 0 Å². The highest BCUT2D eigenvalue weighted by Crippen LogP contribution is 2.38. The lowest BCUT2D eigenvalue weighted by molar-refractivity contribution is 0.153. The van der Waals surface area contributed by atoms with Crippen LogP contribution in [-0.2, 0) is 14.1 Å². The minimum atomic E-state index is -2.69. The number of nitrogens with one attached hydrogen (secondary N) is 2. The van der Waals surface area contributed by atoms with E-state index in [4.69, 9.17) is 0 Å². The first-order chi connectivity index (χ1) is 15.7. The number of aromatic nitrogens is 4. The Morgan fingerprint density at radius 3 is 2.48 bits per heavy atom. The fourth-order valence-corrected chi connectivity index (χ4v) is 4.80. The Bertz CT molecular complexity index is 1330. The van der Waals surface area contributed by atoms with E-state index in [1.54, 1.807) is 37.1 Å². The van der Waals surface area contributed by atoms with Crippen molar-refractivity contribution in [1.82, 2.24) is 24.9 Å². The quantitative estimate of drug-likeness (QED) is 0.474. The zero-order chi connectivity index (χ0) is 23.4. The Labute approximate surface area is 189 Å². The minimum Gasteiger partial charge on any atom is -0.368 e. The van der Waals surface area contributed by atoms with E-state index in [1.165, 1.54) is 10.7 Å². The largest absolute Gasteiger partial charge is 0.368 e. The van der Waals surface area contributed by atoms with Gasteiger partial charge < -0.3 is 15.5 Å². The zero-order valence-electron chi connectivity index (χ0n) is 18.9. The molecular formula is C23H26F3N7. The third kappa shape index (κ3) is 3.88. The van der Waals surface area contributed by atoms with Gasteiger partial charge in [-0.25, -0.2) is 13.2 Å². The summed E-state index contributed by atoms with van der Waals surface area (Å²) in [5.41, 5.74) is 1.91. The monoisotopic (exact) mass is 457 g/mol. The first kappa shape index (κ1) is 21.6. The van der Waals surface area contributed by atoms with Crippen molar-refractivity contribution < 1.29 is 13.2 Å². The van der Waals surface area contributed by atoms with Crippen LogP contribution in [0.3, 0.4) is 0 Å². The SMILES string of the molecule is C[C@H]1CN(c2cc(C(F)F)c3c(Nc4cc(F)c5nn(C)cc5c4)nn(C)c3c2)C[C@H](C)N1. The average molecular weight is 458 g/mol.